The van der Waals surface area contributed by atoms with Gasteiger partial charge in [-0.25, -0.2) is 9.78 Å². The molecule has 0 saturated heterocycles. The molecule has 4 aromatic rings. The van der Waals surface area contributed by atoms with Crippen LogP contribution in [-0.2, 0) is 21.5 Å². The van der Waals surface area contributed by atoms with Crippen LogP contribution in [0.2, 0.25) is 0 Å². The fourth-order valence-electron chi connectivity index (χ4n) is 4.65. The lowest BCUT2D eigenvalue weighted by Gasteiger charge is -2.22. The first-order valence-corrected chi connectivity index (χ1v) is 14.2. The monoisotopic (exact) mass is 616 g/mol. The molecule has 2 heterocycles. The number of rotatable bonds is 11. The van der Waals surface area contributed by atoms with Crippen LogP contribution >= 0.6 is 0 Å². The van der Waals surface area contributed by atoms with Crippen molar-refractivity contribution in [1.82, 2.24) is 25.1 Å². The van der Waals surface area contributed by atoms with Crippen LogP contribution in [0.15, 0.2) is 63.8 Å². The summed E-state index contributed by atoms with van der Waals surface area (Å²) in [6, 6.07) is 15.2. The molecule has 0 aliphatic heterocycles. The van der Waals surface area contributed by atoms with Gasteiger partial charge in [0.15, 0.2) is 0 Å². The lowest BCUT2D eigenvalue weighted by atomic mass is 9.84. The lowest BCUT2D eigenvalue weighted by molar-refractivity contribution is -0.122. The van der Waals surface area contributed by atoms with Crippen LogP contribution in [0.1, 0.15) is 55.5 Å². The number of nitrogens with zero attached hydrogens (tertiary/aromatic N) is 4. The molecule has 1 atom stereocenters. The molecule has 0 saturated carbocycles. The smallest absolute Gasteiger partial charge is 0.411 e. The van der Waals surface area contributed by atoms with Gasteiger partial charge >= 0.3 is 6.09 Å². The predicted molar refractivity (Wildman–Crippen MR) is 165 cm³/mol. The van der Waals surface area contributed by atoms with Crippen molar-refractivity contribution in [1.29, 1.82) is 0 Å². The van der Waals surface area contributed by atoms with Gasteiger partial charge < -0.3 is 19.2 Å². The SMILES string of the molecule is COC(=O)Nc1c(C)nc(-c2ccccc2)n(CC(=O)NC(C(=O)c2nnc(C(C)(C)c3ccc(OC)cc3)o2)C(C)C)c1=O. The molecule has 13 heteroatoms. The molecule has 2 amide bonds. The molecule has 2 N–H and O–H groups in total. The highest BCUT2D eigenvalue weighted by molar-refractivity contribution is 5.98. The third-order valence-electron chi connectivity index (χ3n) is 7.34. The van der Waals surface area contributed by atoms with Crippen molar-refractivity contribution in [3.05, 3.63) is 88.0 Å². The molecule has 236 valence electrons. The summed E-state index contributed by atoms with van der Waals surface area (Å²) in [5, 5.41) is 13.2. The predicted octanol–water partition coefficient (Wildman–Crippen LogP) is 4.14. The van der Waals surface area contributed by atoms with Gasteiger partial charge in [0.2, 0.25) is 17.6 Å². The van der Waals surface area contributed by atoms with Crippen molar-refractivity contribution in [2.45, 2.75) is 52.6 Å². The van der Waals surface area contributed by atoms with Crippen molar-refractivity contribution in [2.75, 3.05) is 19.5 Å². The fourth-order valence-corrected chi connectivity index (χ4v) is 4.65. The Morgan fingerprint density at radius 3 is 2.27 bits per heavy atom. The largest absolute Gasteiger partial charge is 0.497 e. The van der Waals surface area contributed by atoms with E-state index < -0.39 is 41.3 Å². The Morgan fingerprint density at radius 2 is 1.67 bits per heavy atom. The van der Waals surface area contributed by atoms with Gasteiger partial charge in [-0.1, -0.05) is 56.3 Å². The van der Waals surface area contributed by atoms with Crippen LogP contribution < -0.4 is 20.9 Å². The van der Waals surface area contributed by atoms with Crippen LogP contribution in [0, 0.1) is 12.8 Å². The van der Waals surface area contributed by atoms with Gasteiger partial charge in [-0.05, 0) is 44.4 Å². The molecular formula is C32H36N6O7. The third kappa shape index (κ3) is 7.08. The maximum atomic E-state index is 13.6. The minimum Gasteiger partial charge on any atom is -0.497 e. The van der Waals surface area contributed by atoms with Crippen LogP contribution in [0.4, 0.5) is 10.5 Å². The maximum absolute atomic E-state index is 13.6. The number of carbonyl (C=O) groups excluding carboxylic acids is 3. The Hall–Kier alpha value is -5.33. The highest BCUT2D eigenvalue weighted by atomic mass is 16.5. The number of anilines is 1. The fraction of sp³-hybridized carbons (Fsp3) is 0.344. The minimum absolute atomic E-state index is 0.135. The zero-order chi connectivity index (χ0) is 32.9. The van der Waals surface area contributed by atoms with E-state index in [1.54, 1.807) is 58.2 Å². The molecule has 13 nitrogen and oxygen atoms in total. The van der Waals surface area contributed by atoms with E-state index in [1.807, 2.05) is 38.1 Å². The van der Waals surface area contributed by atoms with Gasteiger partial charge in [0.25, 0.3) is 11.4 Å². The van der Waals surface area contributed by atoms with Crippen LogP contribution in [-0.4, -0.2) is 57.8 Å². The summed E-state index contributed by atoms with van der Waals surface area (Å²) >= 11 is 0. The number of carbonyl (C=O) groups is 3. The number of ketones is 1. The van der Waals surface area contributed by atoms with Gasteiger partial charge in [0.1, 0.15) is 23.8 Å². The summed E-state index contributed by atoms with van der Waals surface area (Å²) in [6.45, 7) is 8.36. The first-order valence-electron chi connectivity index (χ1n) is 14.2. The Morgan fingerprint density at radius 1 is 1.00 bits per heavy atom. The average molecular weight is 617 g/mol. The summed E-state index contributed by atoms with van der Waals surface area (Å²) in [4.78, 5) is 57.0. The Labute approximate surface area is 260 Å². The summed E-state index contributed by atoms with van der Waals surface area (Å²) in [5.41, 5.74) is 0.149. The van der Waals surface area contributed by atoms with Gasteiger partial charge in [-0.3, -0.25) is 24.3 Å². The molecule has 0 bridgehead atoms. The summed E-state index contributed by atoms with van der Waals surface area (Å²) in [6.07, 6.45) is -0.861. The van der Waals surface area contributed by atoms with E-state index in [0.717, 1.165) is 17.2 Å². The van der Waals surface area contributed by atoms with Gasteiger partial charge in [-0.15, -0.1) is 10.2 Å². The molecule has 0 aliphatic carbocycles. The number of ether oxygens (including phenoxy) is 2. The summed E-state index contributed by atoms with van der Waals surface area (Å²) in [7, 11) is 2.75. The van der Waals surface area contributed by atoms with Crippen LogP contribution in [0.5, 0.6) is 5.75 Å². The third-order valence-corrected chi connectivity index (χ3v) is 7.34. The zero-order valence-electron chi connectivity index (χ0n) is 26.2. The van der Waals surface area contributed by atoms with E-state index in [1.165, 1.54) is 0 Å². The number of aryl methyl sites for hydroxylation is 1. The van der Waals surface area contributed by atoms with Crippen LogP contribution in [0.3, 0.4) is 0 Å². The van der Waals surface area contributed by atoms with Crippen molar-refractivity contribution in [3.63, 3.8) is 0 Å². The Balaban J connectivity index is 1.61. The first kappa shape index (κ1) is 32.6. The van der Waals surface area contributed by atoms with Gasteiger partial charge in [0.05, 0.1) is 31.4 Å². The topological polar surface area (TPSA) is 168 Å². The second kappa shape index (κ2) is 13.5. The number of Topliss-reactive ketones (excluding diaryl/α,β-unsaturated/α-hetero) is 1. The highest BCUT2D eigenvalue weighted by Gasteiger charge is 2.34. The standard InChI is InChI=1S/C32H36N6O7/c1-18(2)24(26(40)28-36-37-30(45-28)32(4,5)21-13-15-22(43-6)16-14-21)34-23(39)17-38-27(20-11-9-8-10-12-20)33-19(3)25(29(38)41)35-31(42)44-7/h8-16,18,24H,17H2,1-7H3,(H,34,39)(H,35,42). The van der Waals surface area contributed by atoms with Gasteiger partial charge in [0, 0.05) is 5.56 Å². The number of amides is 2. The first-order chi connectivity index (χ1) is 21.4. The Kier molecular flexibility index (Phi) is 9.80. The number of hydrogen-bond acceptors (Lipinski definition) is 10. The van der Waals surface area contributed by atoms with Crippen molar-refractivity contribution < 1.29 is 28.3 Å². The number of benzene rings is 2. The molecule has 2 aromatic heterocycles. The van der Waals surface area contributed by atoms with E-state index >= 15 is 0 Å². The number of hydrogen-bond donors (Lipinski definition) is 2. The summed E-state index contributed by atoms with van der Waals surface area (Å²) < 4.78 is 16.9. The van der Waals surface area contributed by atoms with Crippen LogP contribution in [0.25, 0.3) is 11.4 Å². The molecule has 45 heavy (non-hydrogen) atoms. The normalized spacial score (nSPS) is 12.0. The lowest BCUT2D eigenvalue weighted by Crippen LogP contribution is -2.47. The number of nitrogens with one attached hydrogen (secondary N) is 2. The van der Waals surface area contributed by atoms with E-state index in [2.05, 4.69) is 30.6 Å². The number of methoxy groups -OCH3 is 2. The maximum Gasteiger partial charge on any atom is 0.411 e. The average Bonchev–Trinajstić information content (AvgIpc) is 3.54. The van der Waals surface area contributed by atoms with Crippen molar-refractivity contribution in [2.24, 2.45) is 5.92 Å². The van der Waals surface area contributed by atoms with Gasteiger partial charge in [-0.2, -0.15) is 0 Å². The van der Waals surface area contributed by atoms with Crippen molar-refractivity contribution >= 4 is 23.5 Å². The molecule has 0 spiro atoms. The summed E-state index contributed by atoms with van der Waals surface area (Å²) in [5.74, 6) is -0.720. The molecule has 0 radical (unpaired) electrons. The second-order valence-electron chi connectivity index (χ2n) is 11.2. The van der Waals surface area contributed by atoms with E-state index in [9.17, 15) is 19.2 Å². The molecule has 4 rings (SSSR count). The van der Waals surface area contributed by atoms with E-state index in [0.29, 0.717) is 11.3 Å². The second-order valence-corrected chi connectivity index (χ2v) is 11.2. The van der Waals surface area contributed by atoms with E-state index in [4.69, 9.17) is 9.15 Å². The highest BCUT2D eigenvalue weighted by Crippen LogP contribution is 2.32. The van der Waals surface area contributed by atoms with Crippen molar-refractivity contribution in [3.8, 4) is 17.1 Å². The minimum atomic E-state index is -1.04. The molecular weight excluding hydrogens is 580 g/mol. The molecule has 0 fully saturated rings. The molecule has 0 aliphatic rings. The van der Waals surface area contributed by atoms with E-state index in [-0.39, 0.29) is 34.9 Å². The number of aromatic nitrogens is 4. The zero-order valence-corrected chi connectivity index (χ0v) is 26.2. The molecule has 2 aromatic carbocycles. The Bertz CT molecular complexity index is 1740. The molecule has 1 unspecified atom stereocenters. The quantitative estimate of drug-likeness (QED) is 0.234.